The normalized spacial score (nSPS) is 11.9. The third-order valence-corrected chi connectivity index (χ3v) is 2.83. The van der Waals surface area contributed by atoms with E-state index in [2.05, 4.69) is 10.3 Å². The molecule has 4 heteroatoms. The van der Waals surface area contributed by atoms with E-state index >= 15 is 0 Å². The van der Waals surface area contributed by atoms with Crippen LogP contribution < -0.4 is 5.32 Å². The van der Waals surface area contributed by atoms with Crippen molar-refractivity contribution in [1.29, 1.82) is 0 Å². The molecular weight excluding hydrogens is 248 g/mol. The number of nitrogens with zero attached hydrogens (tertiary/aromatic N) is 1. The summed E-state index contributed by atoms with van der Waals surface area (Å²) in [6.07, 6.45) is 1.60. The Morgan fingerprint density at radius 3 is 2.78 bits per heavy atom. The first-order chi connectivity index (χ1) is 8.66. The highest BCUT2D eigenvalue weighted by molar-refractivity contribution is 6.30. The molecule has 0 aliphatic rings. The van der Waals surface area contributed by atoms with E-state index in [1.54, 1.807) is 30.5 Å². The van der Waals surface area contributed by atoms with Crippen LogP contribution in [-0.2, 0) is 0 Å². The van der Waals surface area contributed by atoms with Gasteiger partial charge >= 0.3 is 0 Å². The van der Waals surface area contributed by atoms with E-state index in [9.17, 15) is 4.79 Å². The standard InChI is InChI=1S/C14H13ClN2O/c1-10(11-5-4-6-12(15)9-11)17-14(18)13-7-2-3-8-16-13/h2-10H,1H3,(H,17,18). The Morgan fingerprint density at radius 2 is 2.11 bits per heavy atom. The number of aromatic nitrogens is 1. The number of pyridine rings is 1. The second-order valence-corrected chi connectivity index (χ2v) is 4.40. The Labute approximate surface area is 111 Å². The van der Waals surface area contributed by atoms with E-state index in [0.717, 1.165) is 5.56 Å². The fourth-order valence-electron chi connectivity index (χ4n) is 1.63. The fraction of sp³-hybridized carbons (Fsp3) is 0.143. The zero-order chi connectivity index (χ0) is 13.0. The van der Waals surface area contributed by atoms with Gasteiger partial charge in [-0.05, 0) is 36.8 Å². The molecule has 3 nitrogen and oxygen atoms in total. The van der Waals surface area contributed by atoms with Gasteiger partial charge in [0.15, 0.2) is 0 Å². The van der Waals surface area contributed by atoms with Crippen LogP contribution in [-0.4, -0.2) is 10.9 Å². The Balaban J connectivity index is 2.08. The van der Waals surface area contributed by atoms with Gasteiger partial charge in [0.05, 0.1) is 6.04 Å². The lowest BCUT2D eigenvalue weighted by molar-refractivity contribution is 0.0935. The van der Waals surface area contributed by atoms with E-state index in [1.807, 2.05) is 25.1 Å². The fourth-order valence-corrected chi connectivity index (χ4v) is 1.83. The number of amides is 1. The van der Waals surface area contributed by atoms with Crippen LogP contribution in [0, 0.1) is 0 Å². The van der Waals surface area contributed by atoms with Crippen molar-refractivity contribution in [2.45, 2.75) is 13.0 Å². The van der Waals surface area contributed by atoms with Gasteiger partial charge < -0.3 is 5.32 Å². The van der Waals surface area contributed by atoms with Crippen LogP contribution in [0.4, 0.5) is 0 Å². The lowest BCUT2D eigenvalue weighted by atomic mass is 10.1. The van der Waals surface area contributed by atoms with Gasteiger partial charge in [0.1, 0.15) is 5.69 Å². The Morgan fingerprint density at radius 1 is 1.28 bits per heavy atom. The molecule has 2 aromatic rings. The van der Waals surface area contributed by atoms with Crippen LogP contribution in [0.15, 0.2) is 48.7 Å². The van der Waals surface area contributed by atoms with Crippen LogP contribution in [0.2, 0.25) is 5.02 Å². The van der Waals surface area contributed by atoms with Crippen LogP contribution in [0.3, 0.4) is 0 Å². The second kappa shape index (κ2) is 5.65. The molecule has 1 aromatic carbocycles. The molecule has 0 saturated carbocycles. The minimum atomic E-state index is -0.192. The summed E-state index contributed by atoms with van der Waals surface area (Å²) < 4.78 is 0. The number of hydrogen-bond donors (Lipinski definition) is 1. The molecule has 0 bridgehead atoms. The van der Waals surface area contributed by atoms with E-state index < -0.39 is 0 Å². The molecular formula is C14H13ClN2O. The SMILES string of the molecule is CC(NC(=O)c1ccccn1)c1cccc(Cl)c1. The van der Waals surface area contributed by atoms with Crippen molar-refractivity contribution in [2.75, 3.05) is 0 Å². The number of carbonyl (C=O) groups is 1. The average Bonchev–Trinajstić information content (AvgIpc) is 2.39. The average molecular weight is 261 g/mol. The smallest absolute Gasteiger partial charge is 0.270 e. The largest absolute Gasteiger partial charge is 0.344 e. The van der Waals surface area contributed by atoms with Gasteiger partial charge in [0.2, 0.25) is 0 Å². The van der Waals surface area contributed by atoms with Crippen molar-refractivity contribution < 1.29 is 4.79 Å². The van der Waals surface area contributed by atoms with Crippen LogP contribution in [0.1, 0.15) is 29.0 Å². The molecule has 1 atom stereocenters. The van der Waals surface area contributed by atoms with Gasteiger partial charge in [0, 0.05) is 11.2 Å². The minimum Gasteiger partial charge on any atom is -0.344 e. The molecule has 18 heavy (non-hydrogen) atoms. The maximum absolute atomic E-state index is 11.9. The minimum absolute atomic E-state index is 0.113. The number of hydrogen-bond acceptors (Lipinski definition) is 2. The van der Waals surface area contributed by atoms with Gasteiger partial charge in [-0.1, -0.05) is 29.8 Å². The highest BCUT2D eigenvalue weighted by Crippen LogP contribution is 2.17. The summed E-state index contributed by atoms with van der Waals surface area (Å²) >= 11 is 5.92. The van der Waals surface area contributed by atoms with Crippen molar-refractivity contribution in [1.82, 2.24) is 10.3 Å². The van der Waals surface area contributed by atoms with E-state index in [1.165, 1.54) is 0 Å². The monoisotopic (exact) mass is 260 g/mol. The first kappa shape index (κ1) is 12.6. The number of halogens is 1. The topological polar surface area (TPSA) is 42.0 Å². The predicted molar refractivity (Wildman–Crippen MR) is 71.6 cm³/mol. The molecule has 0 saturated heterocycles. The van der Waals surface area contributed by atoms with Gasteiger partial charge in [-0.3, -0.25) is 9.78 Å². The number of carbonyl (C=O) groups excluding carboxylic acids is 1. The van der Waals surface area contributed by atoms with Gasteiger partial charge in [-0.2, -0.15) is 0 Å². The van der Waals surface area contributed by atoms with Crippen molar-refractivity contribution in [3.05, 3.63) is 64.9 Å². The number of rotatable bonds is 3. The van der Waals surface area contributed by atoms with Crippen LogP contribution >= 0.6 is 11.6 Å². The Kier molecular flexibility index (Phi) is 3.95. The van der Waals surface area contributed by atoms with E-state index in [4.69, 9.17) is 11.6 Å². The van der Waals surface area contributed by atoms with Crippen molar-refractivity contribution in [3.63, 3.8) is 0 Å². The van der Waals surface area contributed by atoms with Gasteiger partial charge in [-0.25, -0.2) is 0 Å². The molecule has 92 valence electrons. The van der Waals surface area contributed by atoms with E-state index in [0.29, 0.717) is 10.7 Å². The second-order valence-electron chi connectivity index (χ2n) is 3.97. The molecule has 0 aliphatic heterocycles. The highest BCUT2D eigenvalue weighted by Gasteiger charge is 2.12. The van der Waals surface area contributed by atoms with Crippen LogP contribution in [0.25, 0.3) is 0 Å². The van der Waals surface area contributed by atoms with Crippen molar-refractivity contribution in [3.8, 4) is 0 Å². The molecule has 1 unspecified atom stereocenters. The summed E-state index contributed by atoms with van der Waals surface area (Å²) in [6, 6.07) is 12.6. The molecule has 1 aromatic heterocycles. The molecule has 0 radical (unpaired) electrons. The summed E-state index contributed by atoms with van der Waals surface area (Å²) in [6.45, 7) is 1.91. The Hall–Kier alpha value is -1.87. The quantitative estimate of drug-likeness (QED) is 0.921. The molecule has 0 spiro atoms. The summed E-state index contributed by atoms with van der Waals surface area (Å²) in [5.74, 6) is -0.192. The summed E-state index contributed by atoms with van der Waals surface area (Å²) in [5.41, 5.74) is 1.37. The maximum Gasteiger partial charge on any atom is 0.270 e. The molecule has 1 amide bonds. The Bertz CT molecular complexity index is 543. The third-order valence-electron chi connectivity index (χ3n) is 2.59. The van der Waals surface area contributed by atoms with Crippen molar-refractivity contribution in [2.24, 2.45) is 0 Å². The number of benzene rings is 1. The molecule has 0 fully saturated rings. The highest BCUT2D eigenvalue weighted by atomic mass is 35.5. The summed E-state index contributed by atoms with van der Waals surface area (Å²) in [5, 5.41) is 3.54. The van der Waals surface area contributed by atoms with Crippen LogP contribution in [0.5, 0.6) is 0 Å². The van der Waals surface area contributed by atoms with Gasteiger partial charge in [0.25, 0.3) is 5.91 Å². The van der Waals surface area contributed by atoms with Gasteiger partial charge in [-0.15, -0.1) is 0 Å². The molecule has 1 N–H and O–H groups in total. The summed E-state index contributed by atoms with van der Waals surface area (Å²) in [7, 11) is 0. The van der Waals surface area contributed by atoms with E-state index in [-0.39, 0.29) is 11.9 Å². The maximum atomic E-state index is 11.9. The third kappa shape index (κ3) is 3.08. The lowest BCUT2D eigenvalue weighted by Gasteiger charge is -2.14. The lowest BCUT2D eigenvalue weighted by Crippen LogP contribution is -2.27. The van der Waals surface area contributed by atoms with Crippen molar-refractivity contribution >= 4 is 17.5 Å². The molecule has 1 heterocycles. The predicted octanol–water partition coefficient (Wildman–Crippen LogP) is 3.23. The zero-order valence-corrected chi connectivity index (χ0v) is 10.7. The first-order valence-electron chi connectivity index (χ1n) is 5.64. The zero-order valence-electron chi connectivity index (χ0n) is 9.93. The molecule has 2 rings (SSSR count). The summed E-state index contributed by atoms with van der Waals surface area (Å²) in [4.78, 5) is 15.9. The molecule has 0 aliphatic carbocycles. The first-order valence-corrected chi connectivity index (χ1v) is 6.02. The number of nitrogens with one attached hydrogen (secondary N) is 1.